The summed E-state index contributed by atoms with van der Waals surface area (Å²) in [7, 11) is 0. The van der Waals surface area contributed by atoms with Gasteiger partial charge in [0, 0.05) is 38.3 Å². The number of nitrogens with one attached hydrogen (secondary N) is 1. The van der Waals surface area contributed by atoms with Gasteiger partial charge in [0.15, 0.2) is 5.78 Å². The Morgan fingerprint density at radius 2 is 1.75 bits per heavy atom. The van der Waals surface area contributed by atoms with E-state index in [0.717, 1.165) is 52.7 Å². The minimum atomic E-state index is -0.271. The van der Waals surface area contributed by atoms with Crippen molar-refractivity contribution in [2.24, 2.45) is 0 Å². The average Bonchev–Trinajstić information content (AvgIpc) is 3.21. The highest BCUT2D eigenvalue weighted by molar-refractivity contribution is 7.18. The molecule has 4 nitrogen and oxygen atoms in total. The molecule has 3 aromatic rings. The molecule has 2 heterocycles. The lowest BCUT2D eigenvalue weighted by Crippen LogP contribution is -2.43. The topological polar surface area (TPSA) is 58.4 Å². The predicted molar refractivity (Wildman–Crippen MR) is 114 cm³/mol. The van der Waals surface area contributed by atoms with Gasteiger partial charge < -0.3 is 16.0 Å². The number of carbonyl (C=O) groups excluding carboxylic acids is 1. The van der Waals surface area contributed by atoms with Crippen LogP contribution in [0, 0.1) is 5.82 Å². The largest absolute Gasteiger partial charge is 0.398 e. The van der Waals surface area contributed by atoms with Crippen molar-refractivity contribution in [3.63, 3.8) is 0 Å². The molecule has 0 aliphatic carbocycles. The number of hydrogen-bond acceptors (Lipinski definition) is 5. The summed E-state index contributed by atoms with van der Waals surface area (Å²) in [5.41, 5.74) is 9.32. The molecule has 0 atom stereocenters. The van der Waals surface area contributed by atoms with Crippen LogP contribution in [0.2, 0.25) is 0 Å². The van der Waals surface area contributed by atoms with E-state index >= 15 is 0 Å². The first-order chi connectivity index (χ1) is 13.6. The molecule has 2 aromatic carbocycles. The zero-order valence-corrected chi connectivity index (χ0v) is 16.3. The number of nitrogens with zero attached hydrogens (tertiary/aromatic N) is 1. The van der Waals surface area contributed by atoms with E-state index < -0.39 is 0 Å². The van der Waals surface area contributed by atoms with Crippen LogP contribution in [0.25, 0.3) is 11.1 Å². The van der Waals surface area contributed by atoms with Gasteiger partial charge in [0.05, 0.1) is 9.88 Å². The Morgan fingerprint density at radius 3 is 2.50 bits per heavy atom. The van der Waals surface area contributed by atoms with Crippen molar-refractivity contribution >= 4 is 27.8 Å². The summed E-state index contributed by atoms with van der Waals surface area (Å²) < 4.78 is 13.2. The maximum atomic E-state index is 13.2. The summed E-state index contributed by atoms with van der Waals surface area (Å²) >= 11 is 1.54. The number of nitrogens with two attached hydrogens (primary N) is 1. The van der Waals surface area contributed by atoms with Crippen LogP contribution >= 0.6 is 11.3 Å². The lowest BCUT2D eigenvalue weighted by atomic mass is 9.99. The molecule has 6 heteroatoms. The van der Waals surface area contributed by atoms with E-state index in [1.165, 1.54) is 12.1 Å². The van der Waals surface area contributed by atoms with Crippen LogP contribution in [0.5, 0.6) is 0 Å². The molecule has 144 valence electrons. The highest BCUT2D eigenvalue weighted by Crippen LogP contribution is 2.29. The standard InChI is InChI=1S/C22H22FN3OS/c23-18-4-1-15(2-5-18)16-3-6-19(24)17(13-16)14-20(27)21-7-8-22(28-21)26-11-9-25-10-12-26/h1-8,13,25H,9-12,14,24H2. The van der Waals surface area contributed by atoms with Gasteiger partial charge in [-0.15, -0.1) is 11.3 Å². The van der Waals surface area contributed by atoms with Crippen molar-refractivity contribution in [2.75, 3.05) is 36.8 Å². The second-order valence-corrected chi connectivity index (χ2v) is 7.96. The SMILES string of the molecule is Nc1ccc(-c2ccc(F)cc2)cc1CC(=O)c1ccc(N2CCNCC2)s1. The third kappa shape index (κ3) is 4.08. The second kappa shape index (κ2) is 8.12. The van der Waals surface area contributed by atoms with Crippen molar-refractivity contribution in [3.8, 4) is 11.1 Å². The molecular weight excluding hydrogens is 373 g/mol. The highest BCUT2D eigenvalue weighted by Gasteiger charge is 2.17. The monoisotopic (exact) mass is 395 g/mol. The average molecular weight is 396 g/mol. The lowest BCUT2D eigenvalue weighted by molar-refractivity contribution is 0.0997. The number of hydrogen-bond donors (Lipinski definition) is 2. The zero-order chi connectivity index (χ0) is 19.5. The Balaban J connectivity index is 1.52. The summed E-state index contributed by atoms with van der Waals surface area (Å²) in [5, 5.41) is 4.47. The molecule has 0 radical (unpaired) electrons. The molecule has 4 rings (SSSR count). The van der Waals surface area contributed by atoms with Crippen LogP contribution in [0.3, 0.4) is 0 Å². The van der Waals surface area contributed by atoms with Gasteiger partial charge in [-0.3, -0.25) is 4.79 Å². The Kier molecular flexibility index (Phi) is 5.41. The molecular formula is C22H22FN3OS. The Bertz CT molecular complexity index is 978. The van der Waals surface area contributed by atoms with E-state index in [9.17, 15) is 9.18 Å². The number of halogens is 1. The van der Waals surface area contributed by atoms with E-state index in [2.05, 4.69) is 10.2 Å². The number of anilines is 2. The minimum absolute atomic E-state index is 0.0642. The molecule has 0 amide bonds. The van der Waals surface area contributed by atoms with Gasteiger partial charge in [-0.2, -0.15) is 0 Å². The summed E-state index contributed by atoms with van der Waals surface area (Å²) in [6.07, 6.45) is 0.252. The smallest absolute Gasteiger partial charge is 0.177 e. The number of piperazine rings is 1. The maximum absolute atomic E-state index is 13.2. The third-order valence-corrected chi connectivity index (χ3v) is 6.15. The Hall–Kier alpha value is -2.70. The van der Waals surface area contributed by atoms with Gasteiger partial charge >= 0.3 is 0 Å². The van der Waals surface area contributed by atoms with Crippen LogP contribution in [0.1, 0.15) is 15.2 Å². The van der Waals surface area contributed by atoms with Gasteiger partial charge in [-0.1, -0.05) is 18.2 Å². The molecule has 0 bridgehead atoms. The van der Waals surface area contributed by atoms with Gasteiger partial charge in [0.1, 0.15) is 5.82 Å². The Labute approximate surface area is 167 Å². The van der Waals surface area contributed by atoms with Crippen molar-refractivity contribution in [3.05, 3.63) is 70.9 Å². The summed E-state index contributed by atoms with van der Waals surface area (Å²) in [5.74, 6) is -0.207. The summed E-state index contributed by atoms with van der Waals surface area (Å²) in [4.78, 5) is 15.9. The van der Waals surface area contributed by atoms with Gasteiger partial charge in [0.25, 0.3) is 0 Å². The first-order valence-electron chi connectivity index (χ1n) is 9.33. The molecule has 0 unspecified atom stereocenters. The molecule has 3 N–H and O–H groups in total. The number of nitrogen functional groups attached to an aromatic ring is 1. The van der Waals surface area contributed by atoms with Crippen molar-refractivity contribution in [2.45, 2.75) is 6.42 Å². The number of Topliss-reactive ketones (excluding diaryl/α,β-unsaturated/α-hetero) is 1. The van der Waals surface area contributed by atoms with E-state index in [1.54, 1.807) is 23.5 Å². The summed E-state index contributed by atoms with van der Waals surface area (Å²) in [6, 6.07) is 15.9. The highest BCUT2D eigenvalue weighted by atomic mass is 32.1. The molecule has 1 saturated heterocycles. The number of rotatable bonds is 5. The van der Waals surface area contributed by atoms with Crippen molar-refractivity contribution in [1.82, 2.24) is 5.32 Å². The quantitative estimate of drug-likeness (QED) is 0.507. The second-order valence-electron chi connectivity index (χ2n) is 6.90. The normalized spacial score (nSPS) is 14.2. The maximum Gasteiger partial charge on any atom is 0.177 e. The fraction of sp³-hybridized carbons (Fsp3) is 0.227. The van der Waals surface area contributed by atoms with E-state index in [4.69, 9.17) is 5.73 Å². The number of thiophene rings is 1. The molecule has 1 aromatic heterocycles. The third-order valence-electron chi connectivity index (χ3n) is 4.97. The van der Waals surface area contributed by atoms with Crippen LogP contribution in [-0.2, 0) is 6.42 Å². The number of ketones is 1. The van der Waals surface area contributed by atoms with Gasteiger partial charge in [-0.25, -0.2) is 4.39 Å². The van der Waals surface area contributed by atoms with Crippen molar-refractivity contribution in [1.29, 1.82) is 0 Å². The lowest BCUT2D eigenvalue weighted by Gasteiger charge is -2.27. The van der Waals surface area contributed by atoms with Gasteiger partial charge in [-0.05, 0) is 53.1 Å². The fourth-order valence-corrected chi connectivity index (χ4v) is 4.37. The van der Waals surface area contributed by atoms with Gasteiger partial charge in [0.2, 0.25) is 0 Å². The first kappa shape index (κ1) is 18.7. The Morgan fingerprint density at radius 1 is 1.04 bits per heavy atom. The van der Waals surface area contributed by atoms with Crippen molar-refractivity contribution < 1.29 is 9.18 Å². The van der Waals surface area contributed by atoms with E-state index in [-0.39, 0.29) is 18.0 Å². The fourth-order valence-electron chi connectivity index (χ4n) is 3.37. The minimum Gasteiger partial charge on any atom is -0.398 e. The number of carbonyl (C=O) groups is 1. The molecule has 1 aliphatic heterocycles. The predicted octanol–water partition coefficient (Wildman–Crippen LogP) is 3.97. The van der Waals surface area contributed by atoms with E-state index in [0.29, 0.717) is 5.69 Å². The van der Waals surface area contributed by atoms with Crippen LogP contribution in [0.4, 0.5) is 15.1 Å². The molecule has 28 heavy (non-hydrogen) atoms. The van der Waals surface area contributed by atoms with Crippen LogP contribution < -0.4 is 16.0 Å². The summed E-state index contributed by atoms with van der Waals surface area (Å²) in [6.45, 7) is 3.85. The molecule has 0 spiro atoms. The first-order valence-corrected chi connectivity index (χ1v) is 10.1. The van der Waals surface area contributed by atoms with Crippen LogP contribution in [-0.4, -0.2) is 32.0 Å². The zero-order valence-electron chi connectivity index (χ0n) is 15.5. The molecule has 1 aliphatic rings. The molecule has 0 saturated carbocycles. The van der Waals surface area contributed by atoms with E-state index in [1.807, 2.05) is 30.3 Å². The van der Waals surface area contributed by atoms with Crippen LogP contribution in [0.15, 0.2) is 54.6 Å². The number of benzene rings is 2. The molecule has 1 fully saturated rings.